The van der Waals surface area contributed by atoms with Crippen LogP contribution >= 0.6 is 0 Å². The molecule has 1 amide bonds. The Morgan fingerprint density at radius 1 is 1.26 bits per heavy atom. The highest BCUT2D eigenvalue weighted by Gasteiger charge is 2.16. The van der Waals surface area contributed by atoms with Gasteiger partial charge in [0.2, 0.25) is 5.82 Å². The molecule has 0 spiro atoms. The average Bonchev–Trinajstić information content (AvgIpc) is 2.37. The minimum atomic E-state index is -0.263. The number of carbonyl (C=O) groups is 1. The maximum Gasteiger partial charge on any atom is 0.289 e. The van der Waals surface area contributed by atoms with E-state index in [1.165, 1.54) is 0 Å². The number of carbonyl (C=O) groups excluding carboxylic acids is 1. The Morgan fingerprint density at radius 3 is 2.42 bits per heavy atom. The molecule has 0 aromatic carbocycles. The van der Waals surface area contributed by atoms with Crippen LogP contribution in [0.4, 0.5) is 0 Å². The van der Waals surface area contributed by atoms with Crippen LogP contribution in [0.15, 0.2) is 12.4 Å². The lowest BCUT2D eigenvalue weighted by molar-refractivity contribution is 0.0905. The Balaban J connectivity index is 2.45. The topological polar surface area (TPSA) is 64.1 Å². The second-order valence-electron chi connectivity index (χ2n) is 5.41. The molecule has 106 valence electrons. The molecule has 5 nitrogen and oxygen atoms in total. The van der Waals surface area contributed by atoms with E-state index in [1.54, 1.807) is 12.4 Å². The molecule has 0 saturated heterocycles. The molecule has 0 fully saturated rings. The lowest BCUT2D eigenvalue weighted by Gasteiger charge is -2.17. The highest BCUT2D eigenvalue weighted by molar-refractivity contribution is 5.90. The minimum absolute atomic E-state index is 0.0109. The third kappa shape index (κ3) is 5.34. The summed E-state index contributed by atoms with van der Waals surface area (Å²) in [5, 5.41) is 2.73. The summed E-state index contributed by atoms with van der Waals surface area (Å²) in [6.45, 7) is 9.99. The maximum absolute atomic E-state index is 11.7. The Kier molecular flexibility index (Phi) is 5.89. The number of hydrogen-bond acceptors (Lipinski definition) is 4. The van der Waals surface area contributed by atoms with E-state index in [0.29, 0.717) is 19.8 Å². The Bertz CT molecular complexity index is 396. The Labute approximate surface area is 114 Å². The molecule has 19 heavy (non-hydrogen) atoms. The molecule has 0 aliphatic rings. The molecule has 0 atom stereocenters. The van der Waals surface area contributed by atoms with Crippen molar-refractivity contribution in [2.24, 2.45) is 0 Å². The summed E-state index contributed by atoms with van der Waals surface area (Å²) in [7, 11) is 0. The van der Waals surface area contributed by atoms with Gasteiger partial charge < -0.3 is 10.1 Å². The molecule has 1 aromatic heterocycles. The first-order chi connectivity index (χ1) is 8.95. The zero-order valence-electron chi connectivity index (χ0n) is 12.2. The number of hydrogen-bond donors (Lipinski definition) is 1. The van der Waals surface area contributed by atoms with Gasteiger partial charge in [0, 0.05) is 25.5 Å². The van der Waals surface area contributed by atoms with E-state index < -0.39 is 0 Å². The summed E-state index contributed by atoms with van der Waals surface area (Å²) >= 11 is 0. The number of rotatable bonds is 6. The SMILES string of the molecule is CCCOCCNC(=O)c1ncc(C(C)(C)C)cn1. The smallest absolute Gasteiger partial charge is 0.289 e. The third-order valence-corrected chi connectivity index (χ3v) is 2.60. The number of nitrogens with zero attached hydrogens (tertiary/aromatic N) is 2. The van der Waals surface area contributed by atoms with Crippen LogP contribution in [-0.4, -0.2) is 35.6 Å². The molecule has 1 rings (SSSR count). The van der Waals surface area contributed by atoms with E-state index in [-0.39, 0.29) is 17.1 Å². The van der Waals surface area contributed by atoms with Crippen molar-refractivity contribution in [3.05, 3.63) is 23.8 Å². The fourth-order valence-corrected chi connectivity index (χ4v) is 1.39. The zero-order chi connectivity index (χ0) is 14.3. The second-order valence-corrected chi connectivity index (χ2v) is 5.41. The highest BCUT2D eigenvalue weighted by atomic mass is 16.5. The quantitative estimate of drug-likeness (QED) is 0.798. The predicted octanol–water partition coefficient (Wildman–Crippen LogP) is 1.93. The van der Waals surface area contributed by atoms with E-state index >= 15 is 0 Å². The van der Waals surface area contributed by atoms with Gasteiger partial charge in [0.25, 0.3) is 5.91 Å². The molecule has 0 aliphatic heterocycles. The first kappa shape index (κ1) is 15.6. The zero-order valence-corrected chi connectivity index (χ0v) is 12.2. The molecule has 0 unspecified atom stereocenters. The van der Waals surface area contributed by atoms with E-state index in [1.807, 2.05) is 6.92 Å². The molecule has 0 saturated carbocycles. The van der Waals surface area contributed by atoms with Gasteiger partial charge in [-0.3, -0.25) is 4.79 Å². The summed E-state index contributed by atoms with van der Waals surface area (Å²) in [5.41, 5.74) is 0.999. The Hall–Kier alpha value is -1.49. The fraction of sp³-hybridized carbons (Fsp3) is 0.643. The van der Waals surface area contributed by atoms with Gasteiger partial charge in [-0.05, 0) is 17.4 Å². The lowest BCUT2D eigenvalue weighted by Crippen LogP contribution is -2.29. The number of nitrogens with one attached hydrogen (secondary N) is 1. The summed E-state index contributed by atoms with van der Waals surface area (Å²) < 4.78 is 5.28. The number of ether oxygens (including phenoxy) is 1. The third-order valence-electron chi connectivity index (χ3n) is 2.60. The molecule has 5 heteroatoms. The van der Waals surface area contributed by atoms with Crippen molar-refractivity contribution in [2.75, 3.05) is 19.8 Å². The van der Waals surface area contributed by atoms with Crippen LogP contribution in [-0.2, 0) is 10.2 Å². The summed E-state index contributed by atoms with van der Waals surface area (Å²) in [6.07, 6.45) is 4.39. The van der Waals surface area contributed by atoms with Crippen LogP contribution in [0.2, 0.25) is 0 Å². The van der Waals surface area contributed by atoms with Gasteiger partial charge in [0.1, 0.15) is 0 Å². The summed E-state index contributed by atoms with van der Waals surface area (Å²) in [6, 6.07) is 0. The molecule has 1 N–H and O–H groups in total. The largest absolute Gasteiger partial charge is 0.380 e. The standard InChI is InChI=1S/C14H23N3O2/c1-5-7-19-8-6-15-13(18)12-16-9-11(10-17-12)14(2,3)4/h9-10H,5-8H2,1-4H3,(H,15,18). The van der Waals surface area contributed by atoms with Crippen molar-refractivity contribution < 1.29 is 9.53 Å². The van der Waals surface area contributed by atoms with Crippen LogP contribution < -0.4 is 5.32 Å². The first-order valence-corrected chi connectivity index (χ1v) is 6.63. The molecule has 0 aliphatic carbocycles. The molecule has 1 aromatic rings. The van der Waals surface area contributed by atoms with E-state index in [0.717, 1.165) is 12.0 Å². The van der Waals surface area contributed by atoms with Gasteiger partial charge in [-0.15, -0.1) is 0 Å². The maximum atomic E-state index is 11.7. The molecule has 1 heterocycles. The van der Waals surface area contributed by atoms with Gasteiger partial charge in [-0.25, -0.2) is 9.97 Å². The van der Waals surface area contributed by atoms with E-state index in [4.69, 9.17) is 4.74 Å². The molecular weight excluding hydrogens is 242 g/mol. The normalized spacial score (nSPS) is 11.4. The van der Waals surface area contributed by atoms with Gasteiger partial charge in [0.05, 0.1) is 6.61 Å². The Morgan fingerprint density at radius 2 is 1.89 bits per heavy atom. The van der Waals surface area contributed by atoms with Crippen molar-refractivity contribution in [1.82, 2.24) is 15.3 Å². The van der Waals surface area contributed by atoms with E-state index in [2.05, 4.69) is 36.1 Å². The average molecular weight is 265 g/mol. The molecule has 0 radical (unpaired) electrons. The van der Waals surface area contributed by atoms with Crippen molar-refractivity contribution in [2.45, 2.75) is 39.5 Å². The van der Waals surface area contributed by atoms with Gasteiger partial charge in [-0.1, -0.05) is 27.7 Å². The minimum Gasteiger partial charge on any atom is -0.380 e. The van der Waals surface area contributed by atoms with Crippen LogP contribution in [0.25, 0.3) is 0 Å². The van der Waals surface area contributed by atoms with E-state index in [9.17, 15) is 4.79 Å². The van der Waals surface area contributed by atoms with Crippen molar-refractivity contribution in [3.8, 4) is 0 Å². The molecular formula is C14H23N3O2. The summed E-state index contributed by atoms with van der Waals surface area (Å²) in [5.74, 6) is -0.0657. The monoisotopic (exact) mass is 265 g/mol. The number of aromatic nitrogens is 2. The van der Waals surface area contributed by atoms with Crippen LogP contribution in [0.3, 0.4) is 0 Å². The summed E-state index contributed by atoms with van der Waals surface area (Å²) in [4.78, 5) is 19.9. The first-order valence-electron chi connectivity index (χ1n) is 6.63. The predicted molar refractivity (Wildman–Crippen MR) is 74.2 cm³/mol. The van der Waals surface area contributed by atoms with Gasteiger partial charge in [0.15, 0.2) is 0 Å². The highest BCUT2D eigenvalue weighted by Crippen LogP contribution is 2.19. The van der Waals surface area contributed by atoms with Crippen molar-refractivity contribution in [1.29, 1.82) is 0 Å². The van der Waals surface area contributed by atoms with Crippen molar-refractivity contribution in [3.63, 3.8) is 0 Å². The van der Waals surface area contributed by atoms with Crippen LogP contribution in [0.5, 0.6) is 0 Å². The van der Waals surface area contributed by atoms with Crippen LogP contribution in [0.1, 0.15) is 50.3 Å². The lowest BCUT2D eigenvalue weighted by atomic mass is 9.89. The van der Waals surface area contributed by atoms with Gasteiger partial charge >= 0.3 is 0 Å². The number of amides is 1. The fourth-order valence-electron chi connectivity index (χ4n) is 1.39. The van der Waals surface area contributed by atoms with Gasteiger partial charge in [-0.2, -0.15) is 0 Å². The van der Waals surface area contributed by atoms with Crippen LogP contribution in [0, 0.1) is 0 Å². The van der Waals surface area contributed by atoms with Crippen molar-refractivity contribution >= 4 is 5.91 Å². The second kappa shape index (κ2) is 7.19. The molecule has 0 bridgehead atoms.